The number of amides is 1. The maximum Gasteiger partial charge on any atom is 0.301 e. The molecule has 186 valence electrons. The van der Waals surface area contributed by atoms with Gasteiger partial charge in [-0.1, -0.05) is 54.1 Å². The number of hydrogen-bond donors (Lipinski definition) is 1. The molecule has 9 heteroatoms. The summed E-state index contributed by atoms with van der Waals surface area (Å²) in [5.41, 5.74) is 2.81. The SMILES string of the molecule is CCc1ccc(C2/C(=C(\O)c3ccc4c(c3)OCCO4)C(=O)C(=O)N2c2nc3ccc(Cl)cc3s2)cc1. The number of carbonyl (C=O) groups excluding carboxylic acids is 2. The van der Waals surface area contributed by atoms with Crippen LogP contribution in [-0.2, 0) is 16.0 Å². The number of benzene rings is 3. The third-order valence-electron chi connectivity index (χ3n) is 6.51. The Hall–Kier alpha value is -3.88. The average molecular weight is 533 g/mol. The molecule has 37 heavy (non-hydrogen) atoms. The zero-order valence-corrected chi connectivity index (χ0v) is 21.3. The van der Waals surface area contributed by atoms with Crippen molar-refractivity contribution in [1.82, 2.24) is 4.98 Å². The Morgan fingerprint density at radius 3 is 2.57 bits per heavy atom. The van der Waals surface area contributed by atoms with Gasteiger partial charge in [-0.3, -0.25) is 14.5 Å². The second-order valence-corrected chi connectivity index (χ2v) is 10.2. The van der Waals surface area contributed by atoms with Crippen molar-refractivity contribution in [1.29, 1.82) is 0 Å². The predicted octanol–water partition coefficient (Wildman–Crippen LogP) is 5.91. The highest BCUT2D eigenvalue weighted by molar-refractivity contribution is 7.22. The molecule has 4 aromatic rings. The fraction of sp³-hybridized carbons (Fsp3) is 0.179. The Balaban J connectivity index is 1.53. The zero-order chi connectivity index (χ0) is 25.7. The standard InChI is InChI=1S/C28H21ClN2O5S/c1-2-15-3-5-16(6-4-15)24-23(25(32)17-7-10-20-21(13-17)36-12-11-35-20)26(33)27(34)31(24)28-30-19-9-8-18(29)14-22(19)37-28/h3-10,13-14,24,32H,2,11-12H2,1H3/b25-23+. The summed E-state index contributed by atoms with van der Waals surface area (Å²) in [5.74, 6) is -0.797. The van der Waals surface area contributed by atoms with Crippen molar-refractivity contribution in [3.63, 3.8) is 0 Å². The van der Waals surface area contributed by atoms with Crippen molar-refractivity contribution in [3.8, 4) is 11.5 Å². The fourth-order valence-corrected chi connectivity index (χ4v) is 5.88. The zero-order valence-electron chi connectivity index (χ0n) is 19.7. The summed E-state index contributed by atoms with van der Waals surface area (Å²) in [5, 5.41) is 12.3. The molecule has 0 aliphatic carbocycles. The highest BCUT2D eigenvalue weighted by atomic mass is 35.5. The van der Waals surface area contributed by atoms with Gasteiger partial charge in [-0.05, 0) is 53.9 Å². The molecule has 0 bridgehead atoms. The Kier molecular flexibility index (Phi) is 5.85. The van der Waals surface area contributed by atoms with Crippen LogP contribution in [0.25, 0.3) is 16.0 Å². The normalized spacial score (nSPS) is 18.5. The maximum atomic E-state index is 13.5. The van der Waals surface area contributed by atoms with Gasteiger partial charge in [0.05, 0.1) is 21.8 Å². The lowest BCUT2D eigenvalue weighted by atomic mass is 9.94. The van der Waals surface area contributed by atoms with E-state index in [0.29, 0.717) is 51.5 Å². The van der Waals surface area contributed by atoms with Gasteiger partial charge in [-0.25, -0.2) is 4.98 Å². The molecule has 6 rings (SSSR count). The second kappa shape index (κ2) is 9.21. The van der Waals surface area contributed by atoms with E-state index in [1.54, 1.807) is 36.4 Å². The number of aliphatic hydroxyl groups is 1. The van der Waals surface area contributed by atoms with Crippen LogP contribution in [0.15, 0.2) is 66.2 Å². The van der Waals surface area contributed by atoms with E-state index in [0.717, 1.165) is 16.7 Å². The van der Waals surface area contributed by atoms with Crippen molar-refractivity contribution in [2.45, 2.75) is 19.4 Å². The number of ether oxygens (including phenoxy) is 2. The number of nitrogens with zero attached hydrogens (tertiary/aromatic N) is 2. The first-order chi connectivity index (χ1) is 17.9. The Bertz CT molecular complexity index is 1590. The van der Waals surface area contributed by atoms with E-state index in [-0.39, 0.29) is 11.3 Å². The van der Waals surface area contributed by atoms with Gasteiger partial charge in [0.25, 0.3) is 5.78 Å². The molecule has 1 N–H and O–H groups in total. The van der Waals surface area contributed by atoms with Gasteiger partial charge in [0.2, 0.25) is 0 Å². The Morgan fingerprint density at radius 2 is 1.81 bits per heavy atom. The number of aliphatic hydroxyl groups excluding tert-OH is 1. The summed E-state index contributed by atoms with van der Waals surface area (Å²) in [7, 11) is 0. The highest BCUT2D eigenvalue weighted by Gasteiger charge is 2.48. The molecule has 1 atom stereocenters. The number of aromatic nitrogens is 1. The molecule has 1 aromatic heterocycles. The van der Waals surface area contributed by atoms with Crippen LogP contribution < -0.4 is 14.4 Å². The molecule has 3 aromatic carbocycles. The van der Waals surface area contributed by atoms with Gasteiger partial charge in [-0.15, -0.1) is 0 Å². The van der Waals surface area contributed by atoms with Crippen LogP contribution in [0, 0.1) is 0 Å². The Labute approximate surface area is 221 Å². The monoisotopic (exact) mass is 532 g/mol. The summed E-state index contributed by atoms with van der Waals surface area (Å²) in [6.45, 7) is 2.87. The maximum absolute atomic E-state index is 13.5. The number of hydrogen-bond acceptors (Lipinski definition) is 7. The minimum atomic E-state index is -0.866. The van der Waals surface area contributed by atoms with Crippen LogP contribution in [0.5, 0.6) is 11.5 Å². The smallest absolute Gasteiger partial charge is 0.301 e. The number of thiazole rings is 1. The molecule has 2 aliphatic rings. The molecule has 0 saturated carbocycles. The van der Waals surface area contributed by atoms with Crippen molar-refractivity contribution in [3.05, 3.63) is 87.9 Å². The number of halogens is 1. The molecular formula is C28H21ClN2O5S. The molecule has 1 fully saturated rings. The molecule has 1 unspecified atom stereocenters. The average Bonchev–Trinajstić information content (AvgIpc) is 3.45. The minimum absolute atomic E-state index is 0.0109. The van der Waals surface area contributed by atoms with Crippen LogP contribution in [0.3, 0.4) is 0 Å². The molecule has 3 heterocycles. The number of carbonyl (C=O) groups is 2. The first-order valence-electron chi connectivity index (χ1n) is 11.8. The van der Waals surface area contributed by atoms with Crippen LogP contribution in [0.1, 0.15) is 29.7 Å². The number of anilines is 1. The minimum Gasteiger partial charge on any atom is -0.507 e. The molecule has 0 radical (unpaired) electrons. The van der Waals surface area contributed by atoms with Crippen LogP contribution in [0.2, 0.25) is 5.02 Å². The van der Waals surface area contributed by atoms with Gasteiger partial charge < -0.3 is 14.6 Å². The van der Waals surface area contributed by atoms with Gasteiger partial charge in [0.1, 0.15) is 19.0 Å². The number of rotatable bonds is 4. The number of fused-ring (bicyclic) bond motifs is 2. The van der Waals surface area contributed by atoms with E-state index < -0.39 is 17.7 Å². The Morgan fingerprint density at radius 1 is 1.05 bits per heavy atom. The molecule has 1 saturated heterocycles. The van der Waals surface area contributed by atoms with Crippen molar-refractivity contribution in [2.24, 2.45) is 0 Å². The van der Waals surface area contributed by atoms with Gasteiger partial charge >= 0.3 is 5.91 Å². The number of aryl methyl sites for hydroxylation is 1. The van der Waals surface area contributed by atoms with Gasteiger partial charge in [0.15, 0.2) is 16.6 Å². The van der Waals surface area contributed by atoms with Gasteiger partial charge in [-0.2, -0.15) is 0 Å². The van der Waals surface area contributed by atoms with Crippen LogP contribution in [-0.4, -0.2) is 35.0 Å². The van der Waals surface area contributed by atoms with Crippen molar-refractivity contribution < 1.29 is 24.2 Å². The predicted molar refractivity (Wildman–Crippen MR) is 143 cm³/mol. The third kappa shape index (κ3) is 4.02. The lowest BCUT2D eigenvalue weighted by Crippen LogP contribution is -2.29. The van der Waals surface area contributed by atoms with E-state index in [1.807, 2.05) is 24.3 Å². The molecule has 1 amide bonds. The molecule has 0 spiro atoms. The lowest BCUT2D eigenvalue weighted by Gasteiger charge is -2.23. The molecule has 7 nitrogen and oxygen atoms in total. The highest BCUT2D eigenvalue weighted by Crippen LogP contribution is 2.45. The van der Waals surface area contributed by atoms with Crippen LogP contribution >= 0.6 is 22.9 Å². The summed E-state index contributed by atoms with van der Waals surface area (Å²) < 4.78 is 12.0. The van der Waals surface area contributed by atoms with Crippen molar-refractivity contribution in [2.75, 3.05) is 18.1 Å². The van der Waals surface area contributed by atoms with E-state index in [2.05, 4.69) is 11.9 Å². The third-order valence-corrected chi connectivity index (χ3v) is 7.76. The fourth-order valence-electron chi connectivity index (χ4n) is 4.62. The topological polar surface area (TPSA) is 89.0 Å². The van der Waals surface area contributed by atoms with Crippen LogP contribution in [0.4, 0.5) is 5.13 Å². The van der Waals surface area contributed by atoms with E-state index in [1.165, 1.54) is 16.2 Å². The summed E-state index contributed by atoms with van der Waals surface area (Å²) in [4.78, 5) is 32.9. The van der Waals surface area contributed by atoms with E-state index in [4.69, 9.17) is 21.1 Å². The lowest BCUT2D eigenvalue weighted by molar-refractivity contribution is -0.132. The quantitative estimate of drug-likeness (QED) is 0.200. The largest absolute Gasteiger partial charge is 0.507 e. The second-order valence-electron chi connectivity index (χ2n) is 8.73. The van der Waals surface area contributed by atoms with E-state index in [9.17, 15) is 14.7 Å². The summed E-state index contributed by atoms with van der Waals surface area (Å²) >= 11 is 7.43. The molecule has 2 aliphatic heterocycles. The first-order valence-corrected chi connectivity index (χ1v) is 13.0. The molecular weight excluding hydrogens is 512 g/mol. The van der Waals surface area contributed by atoms with Crippen molar-refractivity contribution >= 4 is 55.7 Å². The first kappa shape index (κ1) is 23.5. The summed E-state index contributed by atoms with van der Waals surface area (Å²) in [6, 6.07) is 17.0. The summed E-state index contributed by atoms with van der Waals surface area (Å²) in [6.07, 6.45) is 0.844. The van der Waals surface area contributed by atoms with E-state index >= 15 is 0 Å². The number of ketones is 1. The number of Topliss-reactive ketones (excluding diaryl/α,β-unsaturated/α-hetero) is 1. The van der Waals surface area contributed by atoms with Gasteiger partial charge in [0, 0.05) is 10.6 Å².